The Hall–Kier alpha value is -0.810. The Balaban J connectivity index is 2.44. The van der Waals surface area contributed by atoms with E-state index in [9.17, 15) is 4.79 Å². The third kappa shape index (κ3) is 4.37. The topological polar surface area (TPSA) is 50.8 Å². The first-order chi connectivity index (χ1) is 7.42. The molecule has 16 heavy (non-hydrogen) atoms. The van der Waals surface area contributed by atoms with Gasteiger partial charge in [0, 0.05) is 6.54 Å². The molecular formula is C11H22N2O3. The monoisotopic (exact) mass is 230 g/mol. The molecule has 0 radical (unpaired) electrons. The molecular weight excluding hydrogens is 208 g/mol. The fourth-order valence-corrected chi connectivity index (χ4v) is 1.49. The fraction of sp³-hybridized carbons (Fsp3) is 0.909. The van der Waals surface area contributed by atoms with Crippen LogP contribution in [0.4, 0.5) is 4.79 Å². The van der Waals surface area contributed by atoms with E-state index in [1.54, 1.807) is 4.90 Å². The summed E-state index contributed by atoms with van der Waals surface area (Å²) in [4.78, 5) is 13.5. The molecule has 94 valence electrons. The Morgan fingerprint density at radius 2 is 2.25 bits per heavy atom. The van der Waals surface area contributed by atoms with Gasteiger partial charge in [-0.15, -0.1) is 0 Å². The normalized spacial score (nSPS) is 22.0. The number of ether oxygens (including phenoxy) is 2. The van der Waals surface area contributed by atoms with Crippen molar-refractivity contribution in [2.45, 2.75) is 39.5 Å². The summed E-state index contributed by atoms with van der Waals surface area (Å²) in [5, 5.41) is 3.16. The highest BCUT2D eigenvalue weighted by atomic mass is 16.6. The lowest BCUT2D eigenvalue weighted by atomic mass is 10.2. The number of nitrogens with one attached hydrogen (secondary N) is 1. The van der Waals surface area contributed by atoms with Crippen LogP contribution in [0.25, 0.3) is 0 Å². The average molecular weight is 230 g/mol. The number of likely N-dealkylation sites (N-methyl/N-ethyl adjacent to an activating group) is 1. The first kappa shape index (κ1) is 13.3. The van der Waals surface area contributed by atoms with Gasteiger partial charge in [-0.1, -0.05) is 6.92 Å². The van der Waals surface area contributed by atoms with Crippen LogP contribution in [0.15, 0.2) is 0 Å². The van der Waals surface area contributed by atoms with Crippen LogP contribution >= 0.6 is 0 Å². The Morgan fingerprint density at radius 3 is 2.81 bits per heavy atom. The predicted molar refractivity (Wildman–Crippen MR) is 61.2 cm³/mol. The fourth-order valence-electron chi connectivity index (χ4n) is 1.49. The summed E-state index contributed by atoms with van der Waals surface area (Å²) < 4.78 is 10.8. The van der Waals surface area contributed by atoms with E-state index in [4.69, 9.17) is 9.47 Å². The number of carbonyl (C=O) groups is 1. The number of nitrogens with zero attached hydrogens (tertiary/aromatic N) is 1. The Morgan fingerprint density at radius 1 is 1.56 bits per heavy atom. The van der Waals surface area contributed by atoms with E-state index in [0.717, 1.165) is 6.54 Å². The molecule has 0 saturated carbocycles. The third-order valence-electron chi connectivity index (χ3n) is 2.15. The second kappa shape index (κ2) is 5.50. The van der Waals surface area contributed by atoms with Crippen LogP contribution in [-0.2, 0) is 9.47 Å². The molecule has 1 fully saturated rings. The van der Waals surface area contributed by atoms with Crippen LogP contribution in [0.2, 0.25) is 0 Å². The molecule has 0 aromatic heterocycles. The summed E-state index contributed by atoms with van der Waals surface area (Å²) in [7, 11) is 0. The summed E-state index contributed by atoms with van der Waals surface area (Å²) >= 11 is 0. The quantitative estimate of drug-likeness (QED) is 0.774. The van der Waals surface area contributed by atoms with E-state index < -0.39 is 5.60 Å². The summed E-state index contributed by atoms with van der Waals surface area (Å²) in [5.41, 5.74) is -0.441. The smallest absolute Gasteiger partial charge is 0.410 e. The van der Waals surface area contributed by atoms with Gasteiger partial charge in [0.1, 0.15) is 11.8 Å². The standard InChI is InChI=1S/C11H22N2O3/c1-5-12-9-8-13(6-7-15-9)10(14)16-11(2,3)4/h9,12H,5-8H2,1-4H3/t9-/m0/s1. The van der Waals surface area contributed by atoms with E-state index in [0.29, 0.717) is 19.7 Å². The largest absolute Gasteiger partial charge is 0.444 e. The highest BCUT2D eigenvalue weighted by molar-refractivity contribution is 5.68. The van der Waals surface area contributed by atoms with Gasteiger partial charge in [0.05, 0.1) is 13.2 Å². The maximum Gasteiger partial charge on any atom is 0.410 e. The van der Waals surface area contributed by atoms with Crippen LogP contribution in [0.5, 0.6) is 0 Å². The zero-order chi connectivity index (χ0) is 12.2. The Labute approximate surface area is 97.1 Å². The Bertz CT molecular complexity index is 236. The summed E-state index contributed by atoms with van der Waals surface area (Å²) in [6.45, 7) is 10.1. The lowest BCUT2D eigenvalue weighted by molar-refractivity contribution is -0.0535. The van der Waals surface area contributed by atoms with Gasteiger partial charge in [-0.2, -0.15) is 0 Å². The van der Waals surface area contributed by atoms with Gasteiger partial charge in [-0.3, -0.25) is 5.32 Å². The molecule has 5 heteroatoms. The molecule has 1 heterocycles. The van der Waals surface area contributed by atoms with E-state index >= 15 is 0 Å². The van der Waals surface area contributed by atoms with Crippen molar-refractivity contribution in [3.63, 3.8) is 0 Å². The van der Waals surface area contributed by atoms with Gasteiger partial charge < -0.3 is 14.4 Å². The molecule has 5 nitrogen and oxygen atoms in total. The molecule has 1 N–H and O–H groups in total. The average Bonchev–Trinajstić information content (AvgIpc) is 2.16. The minimum absolute atomic E-state index is 0.0775. The van der Waals surface area contributed by atoms with Crippen LogP contribution in [-0.4, -0.2) is 49.1 Å². The molecule has 0 aliphatic carbocycles. The summed E-state index contributed by atoms with van der Waals surface area (Å²) in [6.07, 6.45) is -0.343. The lowest BCUT2D eigenvalue weighted by Crippen LogP contribution is -2.52. The van der Waals surface area contributed by atoms with Gasteiger partial charge in [0.2, 0.25) is 0 Å². The van der Waals surface area contributed by atoms with Crippen molar-refractivity contribution >= 4 is 6.09 Å². The van der Waals surface area contributed by atoms with Gasteiger partial charge in [0.25, 0.3) is 0 Å². The first-order valence-corrected chi connectivity index (χ1v) is 5.75. The van der Waals surface area contributed by atoms with Crippen molar-refractivity contribution in [3.8, 4) is 0 Å². The minimum Gasteiger partial charge on any atom is -0.444 e. The molecule has 1 aliphatic heterocycles. The molecule has 0 aromatic rings. The first-order valence-electron chi connectivity index (χ1n) is 5.75. The van der Waals surface area contributed by atoms with Crippen molar-refractivity contribution in [2.24, 2.45) is 0 Å². The van der Waals surface area contributed by atoms with Crippen LogP contribution < -0.4 is 5.32 Å². The number of amides is 1. The number of morpholine rings is 1. The second-order valence-electron chi connectivity index (χ2n) is 4.84. The molecule has 0 aromatic carbocycles. The van der Waals surface area contributed by atoms with Gasteiger partial charge in [-0.25, -0.2) is 4.79 Å². The molecule has 0 bridgehead atoms. The van der Waals surface area contributed by atoms with Gasteiger partial charge in [-0.05, 0) is 27.3 Å². The molecule has 1 aliphatic rings. The van der Waals surface area contributed by atoms with Crippen molar-refractivity contribution in [2.75, 3.05) is 26.2 Å². The minimum atomic E-state index is -0.441. The maximum absolute atomic E-state index is 11.8. The van der Waals surface area contributed by atoms with Crippen LogP contribution in [0.3, 0.4) is 0 Å². The zero-order valence-electron chi connectivity index (χ0n) is 10.6. The lowest BCUT2D eigenvalue weighted by Gasteiger charge is -2.34. The molecule has 1 saturated heterocycles. The van der Waals surface area contributed by atoms with Crippen molar-refractivity contribution in [3.05, 3.63) is 0 Å². The maximum atomic E-state index is 11.8. The van der Waals surface area contributed by atoms with Gasteiger partial charge in [0.15, 0.2) is 0 Å². The molecule has 1 atom stereocenters. The van der Waals surface area contributed by atoms with Crippen LogP contribution in [0, 0.1) is 0 Å². The van der Waals surface area contributed by atoms with Crippen molar-refractivity contribution in [1.82, 2.24) is 10.2 Å². The SMILES string of the molecule is CCN[C@@H]1CN(C(=O)OC(C)(C)C)CCO1. The molecule has 1 rings (SSSR count). The molecule has 0 spiro atoms. The summed E-state index contributed by atoms with van der Waals surface area (Å²) in [5.74, 6) is 0. The summed E-state index contributed by atoms with van der Waals surface area (Å²) in [6, 6.07) is 0. The molecule has 1 amide bonds. The molecule has 0 unspecified atom stereocenters. The number of hydrogen-bond donors (Lipinski definition) is 1. The van der Waals surface area contributed by atoms with Crippen LogP contribution in [0.1, 0.15) is 27.7 Å². The highest BCUT2D eigenvalue weighted by Gasteiger charge is 2.27. The van der Waals surface area contributed by atoms with Gasteiger partial charge >= 0.3 is 6.09 Å². The Kier molecular flexibility index (Phi) is 4.56. The van der Waals surface area contributed by atoms with E-state index in [-0.39, 0.29) is 12.3 Å². The second-order valence-corrected chi connectivity index (χ2v) is 4.84. The third-order valence-corrected chi connectivity index (χ3v) is 2.15. The van der Waals surface area contributed by atoms with E-state index in [1.807, 2.05) is 27.7 Å². The zero-order valence-corrected chi connectivity index (χ0v) is 10.6. The number of carbonyl (C=O) groups excluding carboxylic acids is 1. The van der Waals surface area contributed by atoms with Crippen molar-refractivity contribution in [1.29, 1.82) is 0 Å². The highest BCUT2D eigenvalue weighted by Crippen LogP contribution is 2.12. The van der Waals surface area contributed by atoms with Crippen molar-refractivity contribution < 1.29 is 14.3 Å². The number of hydrogen-bond acceptors (Lipinski definition) is 4. The van der Waals surface area contributed by atoms with E-state index in [2.05, 4.69) is 5.32 Å². The predicted octanol–water partition coefficient (Wildman–Crippen LogP) is 1.19. The number of rotatable bonds is 2. The van der Waals surface area contributed by atoms with E-state index in [1.165, 1.54) is 0 Å².